The van der Waals surface area contributed by atoms with E-state index >= 15 is 0 Å². The van der Waals surface area contributed by atoms with E-state index in [4.69, 9.17) is 0 Å². The SMILES string of the molecule is CCCN(c1ccccc1)[N+](=O)[O-]. The van der Waals surface area contributed by atoms with Crippen LogP contribution in [0.25, 0.3) is 0 Å². The predicted octanol–water partition coefficient (Wildman–Crippen LogP) is 2.09. The average Bonchev–Trinajstić information content (AvgIpc) is 2.15. The molecule has 4 nitrogen and oxygen atoms in total. The highest BCUT2D eigenvalue weighted by Crippen LogP contribution is 2.12. The van der Waals surface area contributed by atoms with Gasteiger partial charge >= 0.3 is 0 Å². The largest absolute Gasteiger partial charge is 0.234 e. The molecule has 0 bridgehead atoms. The van der Waals surface area contributed by atoms with Crippen LogP contribution in [0.4, 0.5) is 5.69 Å². The molecule has 0 aliphatic heterocycles. The summed E-state index contributed by atoms with van der Waals surface area (Å²) in [6.07, 6.45) is 0.760. The van der Waals surface area contributed by atoms with E-state index in [2.05, 4.69) is 0 Å². The fourth-order valence-corrected chi connectivity index (χ4v) is 1.12. The number of benzene rings is 1. The summed E-state index contributed by atoms with van der Waals surface area (Å²) in [4.78, 5) is 10.6. The van der Waals surface area contributed by atoms with Crippen LogP contribution in [-0.2, 0) is 0 Å². The van der Waals surface area contributed by atoms with Crippen LogP contribution >= 0.6 is 0 Å². The lowest BCUT2D eigenvalue weighted by Gasteiger charge is -2.12. The Morgan fingerprint density at radius 3 is 2.46 bits per heavy atom. The molecule has 0 saturated heterocycles. The van der Waals surface area contributed by atoms with E-state index in [9.17, 15) is 10.1 Å². The van der Waals surface area contributed by atoms with E-state index in [0.29, 0.717) is 12.2 Å². The van der Waals surface area contributed by atoms with Crippen molar-refractivity contribution in [1.82, 2.24) is 0 Å². The molecule has 13 heavy (non-hydrogen) atoms. The quantitative estimate of drug-likeness (QED) is 0.526. The molecule has 0 spiro atoms. The lowest BCUT2D eigenvalue weighted by atomic mass is 10.3. The highest BCUT2D eigenvalue weighted by Gasteiger charge is 2.14. The average molecular weight is 180 g/mol. The molecule has 0 aliphatic carbocycles. The maximum atomic E-state index is 10.6. The molecule has 0 aliphatic rings. The minimum Gasteiger partial charge on any atom is -0.234 e. The van der Waals surface area contributed by atoms with Gasteiger partial charge < -0.3 is 0 Å². The highest BCUT2D eigenvalue weighted by atomic mass is 16.7. The van der Waals surface area contributed by atoms with Crippen molar-refractivity contribution in [1.29, 1.82) is 0 Å². The minimum atomic E-state index is -0.376. The molecule has 0 radical (unpaired) electrons. The normalized spacial score (nSPS) is 9.62. The maximum Gasteiger partial charge on any atom is 0.165 e. The first kappa shape index (κ1) is 9.51. The summed E-state index contributed by atoms with van der Waals surface area (Å²) in [5, 5.41) is 11.4. The molecule has 1 aromatic carbocycles. The summed E-state index contributed by atoms with van der Waals surface area (Å²) in [5.74, 6) is 0. The number of hydrazine groups is 1. The van der Waals surface area contributed by atoms with Crippen molar-refractivity contribution in [3.8, 4) is 0 Å². The van der Waals surface area contributed by atoms with Crippen LogP contribution in [0.5, 0.6) is 0 Å². The van der Waals surface area contributed by atoms with E-state index in [1.807, 2.05) is 13.0 Å². The lowest BCUT2D eigenvalue weighted by molar-refractivity contribution is -0.494. The first-order valence-corrected chi connectivity index (χ1v) is 4.22. The van der Waals surface area contributed by atoms with E-state index in [0.717, 1.165) is 11.4 Å². The van der Waals surface area contributed by atoms with Gasteiger partial charge in [-0.15, -0.1) is 0 Å². The van der Waals surface area contributed by atoms with Crippen LogP contribution in [0.1, 0.15) is 13.3 Å². The first-order valence-electron chi connectivity index (χ1n) is 4.22. The molecule has 0 atom stereocenters. The van der Waals surface area contributed by atoms with Gasteiger partial charge in [-0.05, 0) is 18.6 Å². The molecule has 0 fully saturated rings. The van der Waals surface area contributed by atoms with Gasteiger partial charge in [0.1, 0.15) is 5.69 Å². The molecule has 0 N–H and O–H groups in total. The Kier molecular flexibility index (Phi) is 3.25. The minimum absolute atomic E-state index is 0.376. The Bertz CT molecular complexity index is 274. The second kappa shape index (κ2) is 4.45. The van der Waals surface area contributed by atoms with E-state index in [-0.39, 0.29) is 5.03 Å². The summed E-state index contributed by atoms with van der Waals surface area (Å²) in [7, 11) is 0. The van der Waals surface area contributed by atoms with Crippen LogP contribution in [0.2, 0.25) is 0 Å². The van der Waals surface area contributed by atoms with Gasteiger partial charge in [0, 0.05) is 0 Å². The zero-order chi connectivity index (χ0) is 9.68. The number of nitro groups is 1. The summed E-state index contributed by atoms with van der Waals surface area (Å²) < 4.78 is 0. The summed E-state index contributed by atoms with van der Waals surface area (Å²) in [6.45, 7) is 2.36. The van der Waals surface area contributed by atoms with Crippen molar-refractivity contribution in [3.05, 3.63) is 40.4 Å². The molecule has 0 saturated carbocycles. The fourth-order valence-electron chi connectivity index (χ4n) is 1.12. The third-order valence-corrected chi connectivity index (χ3v) is 1.69. The molecule has 1 rings (SSSR count). The second-order valence-electron chi connectivity index (χ2n) is 2.70. The third kappa shape index (κ3) is 2.43. The standard InChI is InChI=1S/C9H12N2O2/c1-2-8-10(11(12)13)9-6-4-3-5-7-9/h3-7H,2,8H2,1H3. The number of para-hydroxylation sites is 1. The zero-order valence-electron chi connectivity index (χ0n) is 7.51. The van der Waals surface area contributed by atoms with Crippen LogP contribution in [0.3, 0.4) is 0 Å². The second-order valence-corrected chi connectivity index (χ2v) is 2.70. The summed E-state index contributed by atoms with van der Waals surface area (Å²) in [6, 6.07) is 8.90. The summed E-state index contributed by atoms with van der Waals surface area (Å²) >= 11 is 0. The van der Waals surface area contributed by atoms with Crippen LogP contribution < -0.4 is 5.01 Å². The van der Waals surface area contributed by atoms with Crippen LogP contribution in [0, 0.1) is 10.1 Å². The molecule has 0 amide bonds. The molecular formula is C9H12N2O2. The van der Waals surface area contributed by atoms with Crippen molar-refractivity contribution in [2.24, 2.45) is 0 Å². The predicted molar refractivity (Wildman–Crippen MR) is 51.1 cm³/mol. The van der Waals surface area contributed by atoms with E-state index in [1.54, 1.807) is 24.3 Å². The zero-order valence-corrected chi connectivity index (χ0v) is 7.51. The van der Waals surface area contributed by atoms with Gasteiger partial charge in [0.2, 0.25) is 0 Å². The Balaban J connectivity index is 2.82. The topological polar surface area (TPSA) is 46.4 Å². The van der Waals surface area contributed by atoms with Gasteiger partial charge in [-0.2, -0.15) is 0 Å². The Morgan fingerprint density at radius 1 is 1.38 bits per heavy atom. The number of hydrogen-bond donors (Lipinski definition) is 0. The Labute approximate surface area is 76.9 Å². The van der Waals surface area contributed by atoms with Gasteiger partial charge in [-0.1, -0.05) is 30.1 Å². The van der Waals surface area contributed by atoms with E-state index < -0.39 is 0 Å². The van der Waals surface area contributed by atoms with Gasteiger partial charge in [0.25, 0.3) is 0 Å². The maximum absolute atomic E-state index is 10.6. The van der Waals surface area contributed by atoms with Crippen molar-refractivity contribution >= 4 is 5.69 Å². The molecule has 1 aromatic rings. The lowest BCUT2D eigenvalue weighted by Crippen LogP contribution is -2.30. The Hall–Kier alpha value is -1.58. The monoisotopic (exact) mass is 180 g/mol. The highest BCUT2D eigenvalue weighted by molar-refractivity contribution is 5.42. The first-order chi connectivity index (χ1) is 6.25. The van der Waals surface area contributed by atoms with Gasteiger partial charge in [-0.25, -0.2) is 10.1 Å². The Morgan fingerprint density at radius 2 is 2.00 bits per heavy atom. The number of anilines is 1. The van der Waals surface area contributed by atoms with Crippen LogP contribution in [0.15, 0.2) is 30.3 Å². The molecule has 0 heterocycles. The molecule has 0 aromatic heterocycles. The third-order valence-electron chi connectivity index (χ3n) is 1.69. The molecule has 0 unspecified atom stereocenters. The number of rotatable bonds is 4. The molecular weight excluding hydrogens is 168 g/mol. The smallest absolute Gasteiger partial charge is 0.165 e. The summed E-state index contributed by atoms with van der Waals surface area (Å²) in [5.41, 5.74) is 0.634. The molecule has 4 heteroatoms. The van der Waals surface area contributed by atoms with Crippen molar-refractivity contribution < 1.29 is 5.03 Å². The van der Waals surface area contributed by atoms with Gasteiger partial charge in [0.05, 0.1) is 6.54 Å². The van der Waals surface area contributed by atoms with Crippen LogP contribution in [-0.4, -0.2) is 11.6 Å². The van der Waals surface area contributed by atoms with Gasteiger partial charge in [0.15, 0.2) is 5.03 Å². The number of nitrogens with zero attached hydrogens (tertiary/aromatic N) is 2. The van der Waals surface area contributed by atoms with Gasteiger partial charge in [-0.3, -0.25) is 0 Å². The van der Waals surface area contributed by atoms with Crippen molar-refractivity contribution in [3.63, 3.8) is 0 Å². The molecule has 70 valence electrons. The number of hydrogen-bond acceptors (Lipinski definition) is 2. The van der Waals surface area contributed by atoms with E-state index in [1.165, 1.54) is 0 Å². The van der Waals surface area contributed by atoms with Crippen molar-refractivity contribution in [2.75, 3.05) is 11.6 Å². The van der Waals surface area contributed by atoms with Crippen molar-refractivity contribution in [2.45, 2.75) is 13.3 Å². The fraction of sp³-hybridized carbons (Fsp3) is 0.333.